The number of aryl methyl sites for hydroxylation is 2. The Labute approximate surface area is 162 Å². The fourth-order valence-corrected chi connectivity index (χ4v) is 3.41. The van der Waals surface area contributed by atoms with Crippen LogP contribution in [-0.4, -0.2) is 25.9 Å². The Hall–Kier alpha value is -3.11. The van der Waals surface area contributed by atoms with E-state index in [1.165, 1.54) is 17.3 Å². The summed E-state index contributed by atoms with van der Waals surface area (Å²) in [6, 6.07) is 16.9. The zero-order chi connectivity index (χ0) is 19.4. The Balaban J connectivity index is 1.74. The molecule has 0 spiro atoms. The van der Waals surface area contributed by atoms with Gasteiger partial charge in [-0.05, 0) is 57.2 Å². The van der Waals surface area contributed by atoms with Crippen LogP contribution < -0.4 is 5.32 Å². The van der Waals surface area contributed by atoms with E-state index in [9.17, 15) is 4.79 Å². The molecule has 0 aliphatic heterocycles. The third-order valence-corrected chi connectivity index (χ3v) is 5.06. The van der Waals surface area contributed by atoms with Crippen LogP contribution in [0.3, 0.4) is 0 Å². The van der Waals surface area contributed by atoms with Crippen LogP contribution in [0.2, 0.25) is 0 Å². The summed E-state index contributed by atoms with van der Waals surface area (Å²) in [7, 11) is 0. The molecule has 0 aliphatic carbocycles. The number of hydrogen-bond donors (Lipinski definition) is 1. The van der Waals surface area contributed by atoms with Crippen LogP contribution in [0.25, 0.3) is 5.69 Å². The highest BCUT2D eigenvalue weighted by molar-refractivity contribution is 8.00. The largest absolute Gasteiger partial charge is 0.325 e. The Morgan fingerprint density at radius 3 is 2.41 bits per heavy atom. The SMILES string of the molecule is Cc1ccc(-n2c(C)nnc2S[C@H](C)C(=O)Nc2ccc(C#N)cc2)cc1. The molecule has 1 aromatic heterocycles. The molecule has 0 saturated carbocycles. The molecule has 1 heterocycles. The normalized spacial score (nSPS) is 11.6. The number of carbonyl (C=O) groups is 1. The minimum Gasteiger partial charge on any atom is -0.325 e. The predicted octanol–water partition coefficient (Wildman–Crippen LogP) is 3.88. The highest BCUT2D eigenvalue weighted by atomic mass is 32.2. The number of thioether (sulfide) groups is 1. The molecule has 6 nitrogen and oxygen atoms in total. The fourth-order valence-electron chi connectivity index (χ4n) is 2.49. The molecule has 27 heavy (non-hydrogen) atoms. The lowest BCUT2D eigenvalue weighted by Crippen LogP contribution is -2.22. The van der Waals surface area contributed by atoms with E-state index in [-0.39, 0.29) is 11.2 Å². The number of amides is 1. The van der Waals surface area contributed by atoms with E-state index < -0.39 is 0 Å². The molecule has 1 amide bonds. The Kier molecular flexibility index (Phi) is 5.57. The van der Waals surface area contributed by atoms with Crippen molar-refractivity contribution in [3.8, 4) is 11.8 Å². The maximum absolute atomic E-state index is 12.5. The molecule has 1 N–H and O–H groups in total. The monoisotopic (exact) mass is 377 g/mol. The van der Waals surface area contributed by atoms with E-state index in [1.807, 2.05) is 49.6 Å². The van der Waals surface area contributed by atoms with E-state index in [2.05, 4.69) is 21.6 Å². The molecular weight excluding hydrogens is 358 g/mol. The minimum atomic E-state index is -0.367. The fraction of sp³-hybridized carbons (Fsp3) is 0.200. The average Bonchev–Trinajstić information content (AvgIpc) is 3.03. The van der Waals surface area contributed by atoms with Gasteiger partial charge in [-0.15, -0.1) is 10.2 Å². The second-order valence-electron chi connectivity index (χ2n) is 6.14. The van der Waals surface area contributed by atoms with Crippen LogP contribution >= 0.6 is 11.8 Å². The maximum atomic E-state index is 12.5. The van der Waals surface area contributed by atoms with Crippen LogP contribution in [0.15, 0.2) is 53.7 Å². The third-order valence-electron chi connectivity index (χ3n) is 4.02. The van der Waals surface area contributed by atoms with Gasteiger partial charge in [-0.25, -0.2) is 0 Å². The summed E-state index contributed by atoms with van der Waals surface area (Å²) < 4.78 is 1.94. The molecular formula is C20H19N5OS. The first-order valence-corrected chi connectivity index (χ1v) is 9.32. The topological polar surface area (TPSA) is 83.6 Å². The van der Waals surface area contributed by atoms with Crippen LogP contribution in [0.1, 0.15) is 23.9 Å². The molecule has 0 aliphatic rings. The first-order chi connectivity index (χ1) is 13.0. The van der Waals surface area contributed by atoms with Crippen molar-refractivity contribution in [1.82, 2.24) is 14.8 Å². The third kappa shape index (κ3) is 4.36. The number of hydrogen-bond acceptors (Lipinski definition) is 5. The van der Waals surface area contributed by atoms with Crippen molar-refractivity contribution in [3.05, 3.63) is 65.5 Å². The Morgan fingerprint density at radius 1 is 1.11 bits per heavy atom. The number of rotatable bonds is 5. The average molecular weight is 377 g/mol. The zero-order valence-electron chi connectivity index (χ0n) is 15.3. The lowest BCUT2D eigenvalue weighted by molar-refractivity contribution is -0.115. The summed E-state index contributed by atoms with van der Waals surface area (Å²) in [6.45, 7) is 5.75. The van der Waals surface area contributed by atoms with Gasteiger partial charge in [0.1, 0.15) is 5.82 Å². The summed E-state index contributed by atoms with van der Waals surface area (Å²) in [5.74, 6) is 0.627. The lowest BCUT2D eigenvalue weighted by Gasteiger charge is -2.13. The maximum Gasteiger partial charge on any atom is 0.237 e. The molecule has 0 bridgehead atoms. The summed E-state index contributed by atoms with van der Waals surface area (Å²) in [5.41, 5.74) is 3.35. The quantitative estimate of drug-likeness (QED) is 0.682. The molecule has 1 atom stereocenters. The van der Waals surface area contributed by atoms with E-state index >= 15 is 0 Å². The van der Waals surface area contributed by atoms with Gasteiger partial charge < -0.3 is 5.32 Å². The second-order valence-corrected chi connectivity index (χ2v) is 7.45. The second kappa shape index (κ2) is 8.06. The molecule has 0 unspecified atom stereocenters. The standard InChI is InChI=1S/C20H19N5OS/c1-13-4-10-18(11-5-13)25-15(3)23-24-20(25)27-14(2)19(26)22-17-8-6-16(12-21)7-9-17/h4-11,14H,1-3H3,(H,22,26)/t14-/m1/s1. The summed E-state index contributed by atoms with van der Waals surface area (Å²) in [4.78, 5) is 12.5. The van der Waals surface area contributed by atoms with Gasteiger partial charge in [0.25, 0.3) is 0 Å². The van der Waals surface area contributed by atoms with Crippen molar-refractivity contribution in [2.45, 2.75) is 31.2 Å². The van der Waals surface area contributed by atoms with Gasteiger partial charge in [0.2, 0.25) is 5.91 Å². The number of anilines is 1. The Morgan fingerprint density at radius 2 is 1.78 bits per heavy atom. The number of nitriles is 1. The van der Waals surface area contributed by atoms with Gasteiger partial charge >= 0.3 is 0 Å². The number of nitrogens with zero attached hydrogens (tertiary/aromatic N) is 4. The molecule has 0 fully saturated rings. The molecule has 0 radical (unpaired) electrons. The van der Waals surface area contributed by atoms with Gasteiger partial charge in [-0.2, -0.15) is 5.26 Å². The number of aromatic nitrogens is 3. The van der Waals surface area contributed by atoms with E-state index in [1.54, 1.807) is 24.3 Å². The van der Waals surface area contributed by atoms with E-state index in [0.717, 1.165) is 11.5 Å². The smallest absolute Gasteiger partial charge is 0.237 e. The molecule has 7 heteroatoms. The first-order valence-electron chi connectivity index (χ1n) is 8.44. The highest BCUT2D eigenvalue weighted by Gasteiger charge is 2.20. The zero-order valence-corrected chi connectivity index (χ0v) is 16.1. The van der Waals surface area contributed by atoms with Crippen LogP contribution in [-0.2, 0) is 4.79 Å². The van der Waals surface area contributed by atoms with Gasteiger partial charge in [0.15, 0.2) is 5.16 Å². The van der Waals surface area contributed by atoms with Gasteiger partial charge in [-0.1, -0.05) is 29.5 Å². The summed E-state index contributed by atoms with van der Waals surface area (Å²) >= 11 is 1.35. The van der Waals surface area contributed by atoms with Crippen LogP contribution in [0, 0.1) is 25.2 Å². The molecule has 136 valence electrons. The molecule has 3 rings (SSSR count). The number of benzene rings is 2. The van der Waals surface area contributed by atoms with Crippen molar-refractivity contribution in [2.24, 2.45) is 0 Å². The van der Waals surface area contributed by atoms with Gasteiger partial charge in [0, 0.05) is 11.4 Å². The van der Waals surface area contributed by atoms with Gasteiger partial charge in [-0.3, -0.25) is 9.36 Å². The van der Waals surface area contributed by atoms with E-state index in [0.29, 0.717) is 16.4 Å². The van der Waals surface area contributed by atoms with Gasteiger partial charge in [0.05, 0.1) is 16.9 Å². The van der Waals surface area contributed by atoms with Crippen molar-refractivity contribution in [3.63, 3.8) is 0 Å². The molecule has 2 aromatic carbocycles. The minimum absolute atomic E-state index is 0.138. The molecule has 0 saturated heterocycles. The first kappa shape index (κ1) is 18.7. The molecule has 3 aromatic rings. The summed E-state index contributed by atoms with van der Waals surface area (Å²) in [5, 5.41) is 20.4. The number of carbonyl (C=O) groups excluding carboxylic acids is 1. The van der Waals surface area contributed by atoms with Crippen molar-refractivity contribution in [2.75, 3.05) is 5.32 Å². The lowest BCUT2D eigenvalue weighted by atomic mass is 10.2. The predicted molar refractivity (Wildman–Crippen MR) is 106 cm³/mol. The van der Waals surface area contributed by atoms with Crippen molar-refractivity contribution >= 4 is 23.4 Å². The summed E-state index contributed by atoms with van der Waals surface area (Å²) in [6.07, 6.45) is 0. The Bertz CT molecular complexity index is 987. The van der Waals surface area contributed by atoms with Crippen molar-refractivity contribution in [1.29, 1.82) is 5.26 Å². The van der Waals surface area contributed by atoms with E-state index in [4.69, 9.17) is 5.26 Å². The van der Waals surface area contributed by atoms with Crippen LogP contribution in [0.4, 0.5) is 5.69 Å². The van der Waals surface area contributed by atoms with Crippen LogP contribution in [0.5, 0.6) is 0 Å². The van der Waals surface area contributed by atoms with Crippen molar-refractivity contribution < 1.29 is 4.79 Å². The highest BCUT2D eigenvalue weighted by Crippen LogP contribution is 2.26. The number of nitrogens with one attached hydrogen (secondary N) is 1.